The molecule has 6 heteroatoms. The molecular weight excluding hydrogens is 314 g/mol. The first kappa shape index (κ1) is 17.1. The Balaban J connectivity index is 2.14. The van der Waals surface area contributed by atoms with E-state index in [9.17, 15) is 0 Å². The monoisotopic (exact) mass is 337 g/mol. The van der Waals surface area contributed by atoms with E-state index < -0.39 is 0 Å². The average molecular weight is 337 g/mol. The molecule has 130 valence electrons. The second-order valence-corrected chi connectivity index (χ2v) is 5.70. The highest BCUT2D eigenvalue weighted by Gasteiger charge is 2.17. The number of aromatic nitrogens is 2. The third kappa shape index (κ3) is 3.69. The van der Waals surface area contributed by atoms with Gasteiger partial charge in [0, 0.05) is 30.9 Å². The van der Waals surface area contributed by atoms with E-state index in [0.29, 0.717) is 11.4 Å². The van der Waals surface area contributed by atoms with Crippen LogP contribution in [0, 0.1) is 0 Å². The molecule has 2 aromatic heterocycles. The second kappa shape index (κ2) is 7.90. The summed E-state index contributed by atoms with van der Waals surface area (Å²) in [5.41, 5.74) is 6.19. The van der Waals surface area contributed by atoms with Crippen molar-refractivity contribution in [2.45, 2.75) is 13.8 Å². The first-order chi connectivity index (χ1) is 12.2. The summed E-state index contributed by atoms with van der Waals surface area (Å²) in [5.74, 6) is 0.935. The van der Waals surface area contributed by atoms with Gasteiger partial charge in [-0.3, -0.25) is 10.4 Å². The smallest absolute Gasteiger partial charge is 0.130 e. The first-order valence-electron chi connectivity index (χ1n) is 8.42. The molecule has 0 atom stereocenters. The van der Waals surface area contributed by atoms with Gasteiger partial charge < -0.3 is 9.64 Å². The minimum absolute atomic E-state index is 0.627. The van der Waals surface area contributed by atoms with Gasteiger partial charge in [-0.25, -0.2) is 4.98 Å². The number of pyridine rings is 2. The minimum Gasteiger partial charge on any atom is -0.378 e. The molecule has 0 bridgehead atoms. The summed E-state index contributed by atoms with van der Waals surface area (Å²) < 4.78 is 5.46. The Morgan fingerprint density at radius 1 is 1.36 bits per heavy atom. The lowest BCUT2D eigenvalue weighted by molar-refractivity contribution is 0.122. The van der Waals surface area contributed by atoms with E-state index in [1.54, 1.807) is 12.4 Å². The quantitative estimate of drug-likeness (QED) is 0.671. The van der Waals surface area contributed by atoms with Crippen molar-refractivity contribution in [3.05, 3.63) is 42.2 Å². The van der Waals surface area contributed by atoms with Gasteiger partial charge >= 0.3 is 0 Å². The van der Waals surface area contributed by atoms with Gasteiger partial charge in [-0.2, -0.15) is 5.10 Å². The van der Waals surface area contributed by atoms with E-state index in [1.165, 1.54) is 0 Å². The van der Waals surface area contributed by atoms with Crippen molar-refractivity contribution in [3.8, 4) is 0 Å². The number of hydrazone groups is 1. The highest BCUT2D eigenvalue weighted by molar-refractivity contribution is 5.95. The maximum absolute atomic E-state index is 5.46. The molecule has 1 aliphatic heterocycles. The normalized spacial score (nSPS) is 15.4. The van der Waals surface area contributed by atoms with Gasteiger partial charge in [0.1, 0.15) is 17.0 Å². The molecule has 3 heterocycles. The number of hydrogen-bond donors (Lipinski definition) is 1. The van der Waals surface area contributed by atoms with Crippen molar-refractivity contribution >= 4 is 34.7 Å². The van der Waals surface area contributed by atoms with Crippen molar-refractivity contribution in [2.75, 3.05) is 31.2 Å². The predicted octanol–water partition coefficient (Wildman–Crippen LogP) is 3.07. The number of nitrogens with one attached hydrogen (secondary N) is 1. The third-order valence-corrected chi connectivity index (χ3v) is 4.04. The molecule has 25 heavy (non-hydrogen) atoms. The minimum atomic E-state index is 0.627. The lowest BCUT2D eigenvalue weighted by atomic mass is 10.1. The number of hydrogen-bond acceptors (Lipinski definition) is 6. The van der Waals surface area contributed by atoms with Crippen molar-refractivity contribution < 1.29 is 4.74 Å². The summed E-state index contributed by atoms with van der Waals surface area (Å²) in [4.78, 5) is 11.6. The number of ether oxygens (including phenoxy) is 1. The summed E-state index contributed by atoms with van der Waals surface area (Å²) >= 11 is 0. The van der Waals surface area contributed by atoms with Crippen LogP contribution in [0.25, 0.3) is 22.7 Å². The molecule has 2 aromatic rings. The summed E-state index contributed by atoms with van der Waals surface area (Å²) in [6.07, 6.45) is 7.59. The Morgan fingerprint density at radius 3 is 2.88 bits per heavy atom. The lowest BCUT2D eigenvalue weighted by Crippen LogP contribution is -2.36. The first-order valence-corrected chi connectivity index (χ1v) is 8.42. The molecule has 0 unspecified atom stereocenters. The van der Waals surface area contributed by atoms with Crippen LogP contribution in [-0.2, 0) is 4.74 Å². The number of rotatable bonds is 5. The zero-order valence-corrected chi connectivity index (χ0v) is 14.7. The standard InChI is InChI=1S/C19H23N5O/c1-4-6-15-13-17(24-9-11-25-12-10-24)22-19-16(15)7-8-20-18(19)14(3)23-21-5-2/h4-8,13,23H,3,9-12H2,1-2H3/b6-4+,21-5-. The Bertz CT molecular complexity index is 822. The van der Waals surface area contributed by atoms with Crippen LogP contribution < -0.4 is 10.3 Å². The molecule has 1 fully saturated rings. The molecule has 0 spiro atoms. The van der Waals surface area contributed by atoms with Crippen LogP contribution in [0.4, 0.5) is 5.82 Å². The Morgan fingerprint density at radius 2 is 2.16 bits per heavy atom. The molecule has 0 saturated carbocycles. The maximum Gasteiger partial charge on any atom is 0.130 e. The molecule has 0 amide bonds. The van der Waals surface area contributed by atoms with Crippen molar-refractivity contribution in [1.82, 2.24) is 15.4 Å². The molecule has 1 aliphatic rings. The number of morpholine rings is 1. The van der Waals surface area contributed by atoms with Gasteiger partial charge in [0.15, 0.2) is 0 Å². The van der Waals surface area contributed by atoms with Gasteiger partial charge in [-0.05, 0) is 31.5 Å². The zero-order valence-electron chi connectivity index (χ0n) is 14.7. The van der Waals surface area contributed by atoms with E-state index in [1.807, 2.05) is 26.0 Å². The number of anilines is 1. The number of fused-ring (bicyclic) bond motifs is 1. The van der Waals surface area contributed by atoms with E-state index in [2.05, 4.69) is 39.1 Å². The molecule has 1 saturated heterocycles. The van der Waals surface area contributed by atoms with Gasteiger partial charge in [0.25, 0.3) is 0 Å². The van der Waals surface area contributed by atoms with Crippen LogP contribution in [0.5, 0.6) is 0 Å². The molecule has 0 aliphatic carbocycles. The van der Waals surface area contributed by atoms with Crippen LogP contribution in [0.15, 0.2) is 36.1 Å². The summed E-state index contributed by atoms with van der Waals surface area (Å²) in [7, 11) is 0. The van der Waals surface area contributed by atoms with Crippen molar-refractivity contribution in [1.29, 1.82) is 0 Å². The van der Waals surface area contributed by atoms with Gasteiger partial charge in [-0.15, -0.1) is 0 Å². The number of nitrogens with zero attached hydrogens (tertiary/aromatic N) is 4. The van der Waals surface area contributed by atoms with Crippen LogP contribution in [-0.4, -0.2) is 42.5 Å². The molecule has 1 N–H and O–H groups in total. The van der Waals surface area contributed by atoms with Crippen molar-refractivity contribution in [3.63, 3.8) is 0 Å². The summed E-state index contributed by atoms with van der Waals surface area (Å²) in [6.45, 7) is 11.0. The van der Waals surface area contributed by atoms with Gasteiger partial charge in [-0.1, -0.05) is 18.7 Å². The summed E-state index contributed by atoms with van der Waals surface area (Å²) in [6, 6.07) is 4.11. The fraction of sp³-hybridized carbons (Fsp3) is 0.316. The Hall–Kier alpha value is -2.73. The van der Waals surface area contributed by atoms with Gasteiger partial charge in [0.2, 0.25) is 0 Å². The zero-order chi connectivity index (χ0) is 17.6. The molecule has 0 aromatic carbocycles. The topological polar surface area (TPSA) is 62.6 Å². The van der Waals surface area contributed by atoms with Crippen LogP contribution in [0.2, 0.25) is 0 Å². The maximum atomic E-state index is 5.46. The fourth-order valence-corrected chi connectivity index (χ4v) is 2.85. The molecule has 6 nitrogen and oxygen atoms in total. The highest BCUT2D eigenvalue weighted by atomic mass is 16.5. The summed E-state index contributed by atoms with van der Waals surface area (Å²) in [5, 5.41) is 5.09. The Labute approximate surface area is 147 Å². The van der Waals surface area contributed by atoms with E-state index in [-0.39, 0.29) is 0 Å². The van der Waals surface area contributed by atoms with Crippen molar-refractivity contribution in [2.24, 2.45) is 5.10 Å². The lowest BCUT2D eigenvalue weighted by Gasteiger charge is -2.28. The van der Waals surface area contributed by atoms with E-state index in [0.717, 1.165) is 48.6 Å². The molecular formula is C19H23N5O. The molecule has 3 rings (SSSR count). The van der Waals surface area contributed by atoms with Gasteiger partial charge in [0.05, 0.1) is 18.9 Å². The second-order valence-electron chi connectivity index (χ2n) is 5.70. The highest BCUT2D eigenvalue weighted by Crippen LogP contribution is 2.28. The third-order valence-electron chi connectivity index (χ3n) is 4.04. The molecule has 0 radical (unpaired) electrons. The fourth-order valence-electron chi connectivity index (χ4n) is 2.85. The van der Waals surface area contributed by atoms with Crippen LogP contribution >= 0.6 is 0 Å². The predicted molar refractivity (Wildman–Crippen MR) is 104 cm³/mol. The van der Waals surface area contributed by atoms with Crippen LogP contribution in [0.3, 0.4) is 0 Å². The largest absolute Gasteiger partial charge is 0.378 e. The van der Waals surface area contributed by atoms with E-state index >= 15 is 0 Å². The Kier molecular flexibility index (Phi) is 5.40. The number of allylic oxidation sites excluding steroid dienone is 1. The SMILES string of the molecule is C=C(N/N=C\C)c1nccc2c(/C=C/C)cc(N3CCOCC3)nc12. The van der Waals surface area contributed by atoms with Crippen LogP contribution in [0.1, 0.15) is 25.1 Å². The van der Waals surface area contributed by atoms with E-state index in [4.69, 9.17) is 9.72 Å². The average Bonchev–Trinajstić information content (AvgIpc) is 2.66.